The number of rotatable bonds is 9. The van der Waals surface area contributed by atoms with E-state index in [1.54, 1.807) is 13.1 Å². The molecule has 0 saturated carbocycles. The Morgan fingerprint density at radius 1 is 1.23 bits per heavy atom. The molecule has 0 bridgehead atoms. The number of carboxylic acid groups (broad SMARTS) is 1. The number of nitrogens with zero attached hydrogens (tertiary/aromatic N) is 2. The molecular formula is C32H44N4O7S. The molecule has 0 radical (unpaired) electrons. The van der Waals surface area contributed by atoms with Gasteiger partial charge in [0.15, 0.2) is 0 Å². The smallest absolute Gasteiger partial charge is 0.290 e. The molecular weight excluding hydrogens is 584 g/mol. The van der Waals surface area contributed by atoms with E-state index in [9.17, 15) is 18.3 Å². The second kappa shape index (κ2) is 14.1. The number of aliphatic hydroxyl groups is 1. The van der Waals surface area contributed by atoms with Gasteiger partial charge in [0.25, 0.3) is 12.4 Å². The van der Waals surface area contributed by atoms with Crippen LogP contribution in [0.2, 0.25) is 0 Å². The van der Waals surface area contributed by atoms with E-state index in [1.165, 1.54) is 4.31 Å². The number of hydrogen-bond acceptors (Lipinski definition) is 7. The van der Waals surface area contributed by atoms with E-state index in [4.69, 9.17) is 14.6 Å². The van der Waals surface area contributed by atoms with Crippen LogP contribution in [0.4, 0.5) is 5.69 Å². The maximum absolute atomic E-state index is 13.8. The standard InChI is InChI=1S/C31H42N4O5S.CH2O2/c1-5-35-20-22-12-14-41(38,39)34(4)26-16-23(17-27(35)29(22)26)30(37)33-25(15-21-9-7-6-8-10-21)28(36)19-32-24-11-13-40-31(2,3)18-24;2-1-3/h6-10,16-17,20,24-25,28,32,36H,5,11-15,18-19H2,1-4H3,(H,33,37);1H,(H,2,3)/t24?,25-,28+;/m0./s1. The van der Waals surface area contributed by atoms with Crippen molar-refractivity contribution in [3.8, 4) is 0 Å². The number of hydrogen-bond donors (Lipinski definition) is 4. The van der Waals surface area contributed by atoms with Crippen molar-refractivity contribution in [1.82, 2.24) is 15.2 Å². The summed E-state index contributed by atoms with van der Waals surface area (Å²) in [6.45, 7) is 7.61. The Morgan fingerprint density at radius 3 is 2.59 bits per heavy atom. The average molecular weight is 629 g/mol. The minimum atomic E-state index is -3.51. The first-order chi connectivity index (χ1) is 20.9. The third kappa shape index (κ3) is 7.79. The zero-order valence-electron chi connectivity index (χ0n) is 25.8. The van der Waals surface area contributed by atoms with E-state index in [0.29, 0.717) is 43.8 Å². The fraction of sp³-hybridized carbons (Fsp3) is 0.500. The lowest BCUT2D eigenvalue weighted by atomic mass is 9.93. The SMILES string of the molecule is CCn1cc2c3c(cc(C(=O)N[C@@H](Cc4ccccc4)[C@H](O)CNC4CCOC(C)(C)C4)cc31)N(C)S(=O)(=O)CC2.O=CO. The zero-order valence-corrected chi connectivity index (χ0v) is 26.6. The van der Waals surface area contributed by atoms with Gasteiger partial charge in [-0.25, -0.2) is 8.42 Å². The van der Waals surface area contributed by atoms with Crippen LogP contribution >= 0.6 is 0 Å². The summed E-state index contributed by atoms with van der Waals surface area (Å²) in [4.78, 5) is 22.2. The molecule has 0 spiro atoms. The molecule has 4 N–H and O–H groups in total. The number of aliphatic hydroxyl groups excluding tert-OH is 1. The van der Waals surface area contributed by atoms with E-state index in [-0.39, 0.29) is 29.8 Å². The third-order valence-electron chi connectivity index (χ3n) is 8.42. The lowest BCUT2D eigenvalue weighted by Crippen LogP contribution is -2.52. The molecule has 2 aromatic carbocycles. The summed E-state index contributed by atoms with van der Waals surface area (Å²) in [5.41, 5.74) is 3.46. The van der Waals surface area contributed by atoms with Gasteiger partial charge in [-0.3, -0.25) is 13.9 Å². The molecule has 1 unspecified atom stereocenters. The van der Waals surface area contributed by atoms with Gasteiger partial charge in [0.2, 0.25) is 10.0 Å². The minimum Gasteiger partial charge on any atom is -0.483 e. The number of benzene rings is 2. The fourth-order valence-electron chi connectivity index (χ4n) is 6.08. The summed E-state index contributed by atoms with van der Waals surface area (Å²) < 4.78 is 35.0. The van der Waals surface area contributed by atoms with Crippen molar-refractivity contribution < 1.29 is 33.0 Å². The zero-order chi connectivity index (χ0) is 32.1. The first kappa shape index (κ1) is 33.4. The molecule has 12 heteroatoms. The number of carbonyl (C=O) groups is 2. The van der Waals surface area contributed by atoms with Crippen molar-refractivity contribution in [2.45, 2.75) is 76.8 Å². The number of aromatic nitrogens is 1. The summed E-state index contributed by atoms with van der Waals surface area (Å²) in [6.07, 6.45) is 3.74. The Bertz CT molecular complexity index is 1560. The van der Waals surface area contributed by atoms with Gasteiger partial charge in [-0.2, -0.15) is 0 Å². The highest BCUT2D eigenvalue weighted by Crippen LogP contribution is 2.37. The fourth-order valence-corrected chi connectivity index (χ4v) is 7.28. The number of carbonyl (C=O) groups excluding carboxylic acids is 1. The summed E-state index contributed by atoms with van der Waals surface area (Å²) in [7, 11) is -1.96. The number of sulfonamides is 1. The molecule has 1 fully saturated rings. The highest BCUT2D eigenvalue weighted by molar-refractivity contribution is 7.92. The third-order valence-corrected chi connectivity index (χ3v) is 10.2. The Labute approximate surface area is 259 Å². The summed E-state index contributed by atoms with van der Waals surface area (Å²) in [6, 6.07) is 12.9. The van der Waals surface area contributed by atoms with Gasteiger partial charge in [-0.15, -0.1) is 0 Å². The topological polar surface area (TPSA) is 150 Å². The quantitative estimate of drug-likeness (QED) is 0.264. The molecule has 2 aliphatic rings. The molecule has 1 aromatic heterocycles. The summed E-state index contributed by atoms with van der Waals surface area (Å²) >= 11 is 0. The van der Waals surface area contributed by atoms with Gasteiger partial charge >= 0.3 is 0 Å². The second-order valence-corrected chi connectivity index (χ2v) is 14.1. The first-order valence-corrected chi connectivity index (χ1v) is 16.6. The van der Waals surface area contributed by atoms with Crippen LogP contribution in [0.15, 0.2) is 48.7 Å². The lowest BCUT2D eigenvalue weighted by molar-refractivity contribution is -0.122. The van der Waals surface area contributed by atoms with Crippen molar-refractivity contribution in [2.24, 2.45) is 0 Å². The molecule has 1 amide bonds. The van der Waals surface area contributed by atoms with Gasteiger partial charge in [0.05, 0.1) is 34.7 Å². The van der Waals surface area contributed by atoms with Crippen molar-refractivity contribution >= 4 is 39.0 Å². The summed E-state index contributed by atoms with van der Waals surface area (Å²) in [5, 5.41) is 25.7. The van der Waals surface area contributed by atoms with E-state index in [0.717, 1.165) is 34.9 Å². The lowest BCUT2D eigenvalue weighted by Gasteiger charge is -2.36. The van der Waals surface area contributed by atoms with Crippen molar-refractivity contribution in [2.75, 3.05) is 30.3 Å². The summed E-state index contributed by atoms with van der Waals surface area (Å²) in [5.74, 6) is -0.332. The molecule has 11 nitrogen and oxygen atoms in total. The van der Waals surface area contributed by atoms with Crippen LogP contribution in [0, 0.1) is 0 Å². The van der Waals surface area contributed by atoms with E-state index in [2.05, 4.69) is 29.0 Å². The monoisotopic (exact) mass is 628 g/mol. The number of anilines is 1. The maximum Gasteiger partial charge on any atom is 0.290 e. The molecule has 240 valence electrons. The Hall–Kier alpha value is -3.45. The predicted octanol–water partition coefficient (Wildman–Crippen LogP) is 2.93. The van der Waals surface area contributed by atoms with Crippen molar-refractivity contribution in [1.29, 1.82) is 0 Å². The molecule has 1 saturated heterocycles. The van der Waals surface area contributed by atoms with Crippen LogP contribution < -0.4 is 14.9 Å². The molecule has 2 aliphatic heterocycles. The van der Waals surface area contributed by atoms with Crippen LogP contribution in [0.3, 0.4) is 0 Å². The van der Waals surface area contributed by atoms with Crippen LogP contribution in [0.25, 0.3) is 10.9 Å². The molecule has 3 atom stereocenters. The molecule has 44 heavy (non-hydrogen) atoms. The van der Waals surface area contributed by atoms with Gasteiger partial charge in [0.1, 0.15) is 0 Å². The van der Waals surface area contributed by atoms with Crippen LogP contribution in [-0.4, -0.2) is 85.3 Å². The van der Waals surface area contributed by atoms with Crippen LogP contribution in [0.5, 0.6) is 0 Å². The first-order valence-electron chi connectivity index (χ1n) is 15.0. The van der Waals surface area contributed by atoms with E-state index < -0.39 is 22.2 Å². The maximum atomic E-state index is 13.8. The van der Waals surface area contributed by atoms with Gasteiger partial charge in [-0.1, -0.05) is 30.3 Å². The molecule has 5 rings (SSSR count). The predicted molar refractivity (Wildman–Crippen MR) is 171 cm³/mol. The molecule has 3 aromatic rings. The number of amides is 1. The second-order valence-electron chi connectivity index (χ2n) is 12.0. The van der Waals surface area contributed by atoms with Crippen molar-refractivity contribution in [3.05, 3.63) is 65.4 Å². The normalized spacial score (nSPS) is 20.1. The Balaban J connectivity index is 0.00000141. The van der Waals surface area contributed by atoms with Crippen LogP contribution in [0.1, 0.15) is 55.1 Å². The Morgan fingerprint density at radius 2 is 1.93 bits per heavy atom. The van der Waals surface area contributed by atoms with Crippen LogP contribution in [-0.2, 0) is 38.9 Å². The highest BCUT2D eigenvalue weighted by atomic mass is 32.2. The molecule has 3 heterocycles. The van der Waals surface area contributed by atoms with E-state index >= 15 is 0 Å². The number of aryl methyl sites for hydroxylation is 2. The highest BCUT2D eigenvalue weighted by Gasteiger charge is 2.31. The largest absolute Gasteiger partial charge is 0.483 e. The molecule has 0 aliphatic carbocycles. The minimum absolute atomic E-state index is 0.0190. The van der Waals surface area contributed by atoms with Gasteiger partial charge in [-0.05, 0) is 69.7 Å². The van der Waals surface area contributed by atoms with E-state index in [1.807, 2.05) is 49.5 Å². The number of nitrogens with one attached hydrogen (secondary N) is 2. The average Bonchev–Trinajstić information content (AvgIpc) is 3.31. The van der Waals surface area contributed by atoms with Gasteiger partial charge in [0, 0.05) is 49.9 Å². The van der Waals surface area contributed by atoms with Gasteiger partial charge < -0.3 is 30.2 Å². The Kier molecular flexibility index (Phi) is 10.7. The van der Waals surface area contributed by atoms with Crippen molar-refractivity contribution in [3.63, 3.8) is 0 Å². The number of ether oxygens (including phenoxy) is 1.